The molecule has 0 bridgehead atoms. The van der Waals surface area contributed by atoms with Crippen LogP contribution in [0.5, 0.6) is 0 Å². The predicted octanol–water partition coefficient (Wildman–Crippen LogP) is 10.3. The summed E-state index contributed by atoms with van der Waals surface area (Å²) in [6.45, 7) is 14.6. The van der Waals surface area contributed by atoms with Crippen LogP contribution in [0.15, 0.2) is 206 Å². The van der Waals surface area contributed by atoms with Crippen LogP contribution in [0.25, 0.3) is 22.3 Å². The van der Waals surface area contributed by atoms with Gasteiger partial charge < -0.3 is 12.8 Å². The Morgan fingerprint density at radius 2 is 0.662 bits per heavy atom. The predicted molar refractivity (Wildman–Crippen MR) is 285 cm³/mol. The summed E-state index contributed by atoms with van der Waals surface area (Å²) in [6.07, 6.45) is 14.5. The average molecular weight is 1280 g/mol. The minimum Gasteiger partial charge on any atom is -0.366 e. The van der Waals surface area contributed by atoms with Gasteiger partial charge in [-0.1, -0.05) is 165 Å². The van der Waals surface area contributed by atoms with Crippen molar-refractivity contribution in [1.29, 1.82) is 0 Å². The molecule has 0 amide bonds. The Morgan fingerprint density at radius 1 is 0.354 bits per heavy atom. The van der Waals surface area contributed by atoms with Gasteiger partial charge in [0.1, 0.15) is 53.2 Å². The summed E-state index contributed by atoms with van der Waals surface area (Å²) in [5, 5.41) is 11.9. The fraction of sp³-hybridized carbons (Fsp3) is 0.119. The molecule has 6 heteroatoms. The molecule has 328 valence electrons. The third-order valence-electron chi connectivity index (χ3n) is 13.0. The van der Waals surface area contributed by atoms with E-state index in [9.17, 15) is 0 Å². The van der Waals surface area contributed by atoms with E-state index in [1.54, 1.807) is 0 Å². The van der Waals surface area contributed by atoms with E-state index in [1.807, 2.05) is 12.1 Å². The van der Waals surface area contributed by atoms with Crippen LogP contribution in [-0.2, 0) is 44.8 Å². The quantitative estimate of drug-likeness (QED) is 0.0674. The van der Waals surface area contributed by atoms with Crippen molar-refractivity contribution >= 4 is 74.0 Å². The maximum atomic E-state index is 7.26. The largest absolute Gasteiger partial charge is 1.00 e. The molecule has 0 aromatic heterocycles. The summed E-state index contributed by atoms with van der Waals surface area (Å²) in [4.78, 5) is 0.154. The normalized spacial score (nSPS) is 13.0. The summed E-state index contributed by atoms with van der Waals surface area (Å²) in [7, 11) is -5.11. The van der Waals surface area contributed by atoms with Gasteiger partial charge in [-0.05, 0) is 86.3 Å². The SMILES string of the molecule is CC(C)([PH+](c1ccccc1)c1ccccc1)[PH+](c1ccccc1)c1ccccc1.[Au+].[Au+].[C-]#Cc1ccc2c(c1)-c1ccccc1[Si]2(C)C.[C-]#Cc1ccc2c(c1)[Si](C)(C)c1ccccc1-2. The molecule has 8 aromatic rings. The summed E-state index contributed by atoms with van der Waals surface area (Å²) < 4.78 is 0. The zero-order chi connectivity index (χ0) is 44.2. The summed E-state index contributed by atoms with van der Waals surface area (Å²) in [5.74, 6) is 4.97. The van der Waals surface area contributed by atoms with E-state index in [-0.39, 0.29) is 49.7 Å². The van der Waals surface area contributed by atoms with Gasteiger partial charge >= 0.3 is 44.8 Å². The summed E-state index contributed by atoms with van der Waals surface area (Å²) in [5.41, 5.74) is 7.17. The van der Waals surface area contributed by atoms with Crippen LogP contribution in [0.3, 0.4) is 0 Å². The molecule has 65 heavy (non-hydrogen) atoms. The third-order valence-corrected chi connectivity index (χ3v) is 27.7. The van der Waals surface area contributed by atoms with E-state index in [0.717, 1.165) is 11.1 Å². The van der Waals surface area contributed by atoms with Crippen LogP contribution in [-0.4, -0.2) is 21.0 Å². The van der Waals surface area contributed by atoms with Gasteiger partial charge in [0, 0.05) is 13.8 Å². The van der Waals surface area contributed by atoms with Gasteiger partial charge in [-0.15, -0.1) is 35.4 Å². The smallest absolute Gasteiger partial charge is 0.366 e. The first kappa shape index (κ1) is 50.1. The molecule has 0 radical (unpaired) electrons. The molecule has 0 spiro atoms. The first-order valence-corrected chi connectivity index (χ1v) is 30.8. The first-order chi connectivity index (χ1) is 30.5. The van der Waals surface area contributed by atoms with Crippen molar-refractivity contribution in [2.24, 2.45) is 0 Å². The maximum absolute atomic E-state index is 7.26. The Morgan fingerprint density at radius 3 is 1.08 bits per heavy atom. The topological polar surface area (TPSA) is 0 Å². The van der Waals surface area contributed by atoms with Crippen molar-refractivity contribution in [3.05, 3.63) is 230 Å². The van der Waals surface area contributed by atoms with Crippen molar-refractivity contribution in [3.8, 4) is 34.1 Å². The van der Waals surface area contributed by atoms with Crippen molar-refractivity contribution in [3.63, 3.8) is 0 Å². The molecule has 0 fully saturated rings. The molecule has 10 rings (SSSR count). The van der Waals surface area contributed by atoms with Crippen LogP contribution in [0.4, 0.5) is 0 Å². The molecule has 0 unspecified atom stereocenters. The first-order valence-electron chi connectivity index (χ1n) is 21.8. The fourth-order valence-electron chi connectivity index (χ4n) is 9.90. The number of rotatable bonds is 6. The van der Waals surface area contributed by atoms with Crippen molar-refractivity contribution in [2.45, 2.75) is 44.9 Å². The third kappa shape index (κ3) is 10.2. The Hall–Kier alpha value is -4.35. The standard InChI is InChI=1S/C27H26P2.2C16H13Si.2Au/c1-27(2,28(23-15-7-3-8-16-23)24-17-9-4-10-18-24)29(25-19-11-5-12-20-25)26-21-13-6-14-22-26;1-4-12-9-10-16-14(11-12)13-7-5-6-8-15(13)17(16,2)3;1-4-12-9-10-14-13-7-5-6-8-15(13)17(2,3)16(14)11-12;;/h3-22H,1-2H3;2*5-11H,2-3H3;;/q;2*-1;2*+1/p+2. The van der Waals surface area contributed by atoms with Crippen LogP contribution >= 0.6 is 15.8 Å². The number of fused-ring (bicyclic) bond motifs is 6. The van der Waals surface area contributed by atoms with E-state index in [2.05, 4.69) is 246 Å². The molecule has 0 N–H and O–H groups in total. The maximum Gasteiger partial charge on any atom is 1.00 e. The van der Waals surface area contributed by atoms with Gasteiger partial charge in [0.05, 0.1) is 0 Å². The van der Waals surface area contributed by atoms with Gasteiger partial charge in [-0.2, -0.15) is 0 Å². The molecule has 0 saturated carbocycles. The molecule has 2 heterocycles. The molecule has 0 saturated heterocycles. The van der Waals surface area contributed by atoms with E-state index in [1.165, 1.54) is 64.2 Å². The van der Waals surface area contributed by atoms with Crippen LogP contribution in [0, 0.1) is 24.7 Å². The second kappa shape index (κ2) is 21.5. The number of hydrogen-bond donors (Lipinski definition) is 0. The van der Waals surface area contributed by atoms with Crippen LogP contribution < -0.4 is 42.0 Å². The van der Waals surface area contributed by atoms with Crippen molar-refractivity contribution in [1.82, 2.24) is 0 Å². The second-order valence-electron chi connectivity index (χ2n) is 18.0. The molecule has 8 aromatic carbocycles. The second-order valence-corrected chi connectivity index (χ2v) is 33.4. The monoisotopic (exact) mass is 1270 g/mol. The van der Waals surface area contributed by atoms with E-state index < -0.39 is 32.0 Å². The molecular formula is C59H54Au2P2Si2+2. The Balaban J connectivity index is 0.000000168. The average Bonchev–Trinajstić information content (AvgIpc) is 3.69. The zero-order valence-corrected chi connectivity index (χ0v) is 46.1. The van der Waals surface area contributed by atoms with E-state index in [4.69, 9.17) is 12.8 Å². The van der Waals surface area contributed by atoms with Crippen LogP contribution in [0.2, 0.25) is 26.2 Å². The van der Waals surface area contributed by atoms with Gasteiger partial charge in [0.25, 0.3) is 0 Å². The molecule has 0 aliphatic carbocycles. The summed E-state index contributed by atoms with van der Waals surface area (Å²) >= 11 is 0. The Labute approximate surface area is 424 Å². The van der Waals surface area contributed by atoms with Gasteiger partial charge in [0.15, 0.2) is 4.90 Å². The van der Waals surface area contributed by atoms with Crippen LogP contribution in [0.1, 0.15) is 25.0 Å². The van der Waals surface area contributed by atoms with Gasteiger partial charge in [0.2, 0.25) is 0 Å². The van der Waals surface area contributed by atoms with Gasteiger partial charge in [-0.3, -0.25) is 11.8 Å². The number of hydrogen-bond acceptors (Lipinski definition) is 0. The number of benzene rings is 8. The Kier molecular flexibility index (Phi) is 16.6. The molecule has 0 atom stereocenters. The van der Waals surface area contributed by atoms with Crippen molar-refractivity contribution < 1.29 is 44.8 Å². The minimum atomic E-state index is -1.55. The minimum absolute atomic E-state index is 0. The van der Waals surface area contributed by atoms with E-state index >= 15 is 0 Å². The Bertz CT molecular complexity index is 2790. The van der Waals surface area contributed by atoms with Gasteiger partial charge in [-0.25, -0.2) is 0 Å². The molecule has 0 nitrogen and oxygen atoms in total. The summed E-state index contributed by atoms with van der Waals surface area (Å²) in [6, 6.07) is 74.7. The molecule has 2 aliphatic rings. The van der Waals surface area contributed by atoms with E-state index in [0.29, 0.717) is 0 Å². The molecule has 2 aliphatic heterocycles. The zero-order valence-electron chi connectivity index (χ0n) is 37.7. The van der Waals surface area contributed by atoms with Crippen molar-refractivity contribution in [2.75, 3.05) is 0 Å². The molecular weight excluding hydrogens is 1220 g/mol. The fourth-order valence-corrected chi connectivity index (χ4v) is 24.5.